The Kier molecular flexibility index (Phi) is 5.11. The lowest BCUT2D eigenvalue weighted by atomic mass is 10.0. The van der Waals surface area contributed by atoms with Crippen molar-refractivity contribution in [3.8, 4) is 0 Å². The molecule has 0 saturated heterocycles. The zero-order valence-corrected chi connectivity index (χ0v) is 18.4. The second-order valence-electron chi connectivity index (χ2n) is 7.51. The Balaban J connectivity index is 1.47. The number of sulfonamides is 1. The molecule has 2 N–H and O–H groups in total. The monoisotopic (exact) mass is 466 g/mol. The molecule has 0 unspecified atom stereocenters. The van der Waals surface area contributed by atoms with Gasteiger partial charge in [-0.1, -0.05) is 41.9 Å². The average molecular weight is 467 g/mol. The molecular formula is C23H19ClN4O3S. The fraction of sp³-hybridized carbons (Fsp3) is 0.130. The van der Waals surface area contributed by atoms with Crippen LogP contribution in [0.1, 0.15) is 22.3 Å². The van der Waals surface area contributed by atoms with Crippen LogP contribution in [-0.2, 0) is 16.4 Å². The summed E-state index contributed by atoms with van der Waals surface area (Å²) < 4.78 is 28.3. The van der Waals surface area contributed by atoms with Crippen LogP contribution in [0.15, 0.2) is 71.6 Å². The first-order valence-electron chi connectivity index (χ1n) is 10.1. The van der Waals surface area contributed by atoms with Gasteiger partial charge in [0, 0.05) is 6.54 Å². The van der Waals surface area contributed by atoms with Gasteiger partial charge in [-0.3, -0.25) is 14.4 Å². The number of benzene rings is 3. The Bertz CT molecular complexity index is 1420. The number of halogens is 1. The van der Waals surface area contributed by atoms with E-state index in [4.69, 9.17) is 11.6 Å². The summed E-state index contributed by atoms with van der Waals surface area (Å²) in [5, 5.41) is 2.81. The maximum atomic E-state index is 13.4. The van der Waals surface area contributed by atoms with Crippen LogP contribution in [0.2, 0.25) is 5.02 Å². The number of hydrogen-bond donors (Lipinski definition) is 2. The zero-order valence-electron chi connectivity index (χ0n) is 16.9. The van der Waals surface area contributed by atoms with Gasteiger partial charge in [0.05, 0.1) is 32.2 Å². The number of hydrogen-bond acceptors (Lipinski definition) is 4. The van der Waals surface area contributed by atoms with Crippen molar-refractivity contribution in [2.24, 2.45) is 0 Å². The standard InChI is InChI=1S/C23H19ClN4O3S/c24-18-12-11-16(32(30,31)28-13-5-7-15-6-1-4-10-21(15)28)14-17(18)22(29)27-23-25-19-8-2-3-9-20(19)26-23/h1-4,6,8-12,14H,5,7,13H2,(H2,25,26,27,29). The molecule has 5 rings (SSSR count). The molecule has 9 heteroatoms. The van der Waals surface area contributed by atoms with E-state index in [1.165, 1.54) is 22.5 Å². The van der Waals surface area contributed by atoms with E-state index in [-0.39, 0.29) is 21.4 Å². The Hall–Kier alpha value is -3.36. The van der Waals surface area contributed by atoms with Crippen LogP contribution < -0.4 is 9.62 Å². The van der Waals surface area contributed by atoms with Crippen molar-refractivity contribution in [3.05, 3.63) is 82.9 Å². The van der Waals surface area contributed by atoms with Crippen molar-refractivity contribution in [3.63, 3.8) is 0 Å². The molecule has 2 heterocycles. The number of nitrogens with one attached hydrogen (secondary N) is 2. The zero-order chi connectivity index (χ0) is 22.3. The number of H-pyrrole nitrogens is 1. The van der Waals surface area contributed by atoms with Gasteiger partial charge >= 0.3 is 0 Å². The van der Waals surface area contributed by atoms with E-state index in [1.54, 1.807) is 6.07 Å². The molecule has 0 saturated carbocycles. The molecule has 1 amide bonds. The number of aromatic nitrogens is 2. The number of rotatable bonds is 4. The number of nitrogens with zero attached hydrogens (tertiary/aromatic N) is 2. The van der Waals surface area contributed by atoms with Crippen molar-refractivity contribution >= 4 is 50.2 Å². The van der Waals surface area contributed by atoms with Crippen LogP contribution in [0.4, 0.5) is 11.6 Å². The van der Waals surface area contributed by atoms with E-state index in [0.717, 1.165) is 23.9 Å². The predicted octanol–water partition coefficient (Wildman–Crippen LogP) is 4.61. The Morgan fingerprint density at radius 2 is 1.84 bits per heavy atom. The van der Waals surface area contributed by atoms with Crippen molar-refractivity contribution < 1.29 is 13.2 Å². The molecule has 0 radical (unpaired) electrons. The highest BCUT2D eigenvalue weighted by Crippen LogP contribution is 2.33. The molecule has 0 bridgehead atoms. The van der Waals surface area contributed by atoms with E-state index < -0.39 is 15.9 Å². The van der Waals surface area contributed by atoms with E-state index >= 15 is 0 Å². The average Bonchev–Trinajstić information content (AvgIpc) is 3.21. The molecule has 32 heavy (non-hydrogen) atoms. The highest BCUT2D eigenvalue weighted by atomic mass is 35.5. The van der Waals surface area contributed by atoms with E-state index in [2.05, 4.69) is 15.3 Å². The second kappa shape index (κ2) is 7.96. The van der Waals surface area contributed by atoms with Crippen molar-refractivity contribution in [1.29, 1.82) is 0 Å². The first-order chi connectivity index (χ1) is 15.4. The largest absolute Gasteiger partial charge is 0.324 e. The van der Waals surface area contributed by atoms with Crippen molar-refractivity contribution in [1.82, 2.24) is 9.97 Å². The van der Waals surface area contributed by atoms with Gasteiger partial charge in [-0.25, -0.2) is 13.4 Å². The predicted molar refractivity (Wildman–Crippen MR) is 125 cm³/mol. The normalized spacial score (nSPS) is 13.7. The second-order valence-corrected chi connectivity index (χ2v) is 9.78. The van der Waals surface area contributed by atoms with E-state index in [1.807, 2.05) is 42.5 Å². The van der Waals surface area contributed by atoms with Gasteiger partial charge < -0.3 is 4.98 Å². The maximum Gasteiger partial charge on any atom is 0.264 e. The summed E-state index contributed by atoms with van der Waals surface area (Å²) in [4.78, 5) is 20.2. The number of amides is 1. The molecule has 0 atom stereocenters. The van der Waals surface area contributed by atoms with Crippen LogP contribution >= 0.6 is 11.6 Å². The molecular weight excluding hydrogens is 448 g/mol. The molecule has 0 aliphatic carbocycles. The number of anilines is 2. The summed E-state index contributed by atoms with van der Waals surface area (Å²) in [5.74, 6) is -0.296. The van der Waals surface area contributed by atoms with Gasteiger partial charge in [0.25, 0.3) is 15.9 Å². The third kappa shape index (κ3) is 3.61. The third-order valence-corrected chi connectivity index (χ3v) is 7.60. The minimum atomic E-state index is -3.87. The first-order valence-corrected chi connectivity index (χ1v) is 11.9. The summed E-state index contributed by atoms with van der Waals surface area (Å²) in [6, 6.07) is 19.0. The molecule has 1 aromatic heterocycles. The molecule has 0 spiro atoms. The summed E-state index contributed by atoms with van der Waals surface area (Å²) in [7, 11) is -3.87. The Morgan fingerprint density at radius 3 is 2.69 bits per heavy atom. The fourth-order valence-electron chi connectivity index (χ4n) is 3.90. The Labute approximate surface area is 190 Å². The van der Waals surface area contributed by atoms with Gasteiger partial charge in [-0.05, 0) is 54.8 Å². The van der Waals surface area contributed by atoms with Gasteiger partial charge in [0.1, 0.15) is 0 Å². The number of aryl methyl sites for hydroxylation is 1. The third-order valence-electron chi connectivity index (χ3n) is 5.46. The number of imidazole rings is 1. The molecule has 0 fully saturated rings. The minimum Gasteiger partial charge on any atom is -0.324 e. The molecule has 7 nitrogen and oxygen atoms in total. The summed E-state index contributed by atoms with van der Waals surface area (Å²) in [6.45, 7) is 0.377. The van der Waals surface area contributed by atoms with E-state index in [9.17, 15) is 13.2 Å². The number of fused-ring (bicyclic) bond motifs is 2. The van der Waals surface area contributed by atoms with Crippen LogP contribution in [0.5, 0.6) is 0 Å². The lowest BCUT2D eigenvalue weighted by Crippen LogP contribution is -2.35. The summed E-state index contributed by atoms with van der Waals surface area (Å²) in [6.07, 6.45) is 1.55. The number of carbonyl (C=O) groups excluding carboxylic acids is 1. The highest BCUT2D eigenvalue weighted by Gasteiger charge is 2.30. The number of aromatic amines is 1. The lowest BCUT2D eigenvalue weighted by molar-refractivity contribution is 0.102. The molecule has 4 aromatic rings. The Morgan fingerprint density at radius 1 is 1.06 bits per heavy atom. The van der Waals surface area contributed by atoms with Gasteiger partial charge in [0.15, 0.2) is 0 Å². The minimum absolute atomic E-state index is 0.00774. The van der Waals surface area contributed by atoms with Crippen LogP contribution in [-0.4, -0.2) is 30.8 Å². The van der Waals surface area contributed by atoms with E-state index in [0.29, 0.717) is 17.7 Å². The van der Waals surface area contributed by atoms with Crippen molar-refractivity contribution in [2.45, 2.75) is 17.7 Å². The van der Waals surface area contributed by atoms with Crippen LogP contribution in [0.25, 0.3) is 11.0 Å². The lowest BCUT2D eigenvalue weighted by Gasteiger charge is -2.30. The van der Waals surface area contributed by atoms with Crippen molar-refractivity contribution in [2.75, 3.05) is 16.2 Å². The quantitative estimate of drug-likeness (QED) is 0.459. The molecule has 1 aliphatic heterocycles. The number of carbonyl (C=O) groups is 1. The first kappa shape index (κ1) is 20.5. The smallest absolute Gasteiger partial charge is 0.264 e. The maximum absolute atomic E-state index is 13.4. The molecule has 162 valence electrons. The topological polar surface area (TPSA) is 95.2 Å². The summed E-state index contributed by atoms with van der Waals surface area (Å²) >= 11 is 6.25. The SMILES string of the molecule is O=C(Nc1nc2ccccc2[nH]1)c1cc(S(=O)(=O)N2CCCc3ccccc32)ccc1Cl. The van der Waals surface area contributed by atoms with Gasteiger partial charge in [-0.2, -0.15) is 0 Å². The van der Waals surface area contributed by atoms with Crippen LogP contribution in [0.3, 0.4) is 0 Å². The molecule has 3 aromatic carbocycles. The van der Waals surface area contributed by atoms with Gasteiger partial charge in [-0.15, -0.1) is 0 Å². The molecule has 1 aliphatic rings. The highest BCUT2D eigenvalue weighted by molar-refractivity contribution is 7.92. The summed E-state index contributed by atoms with van der Waals surface area (Å²) in [5.41, 5.74) is 3.18. The van der Waals surface area contributed by atoms with Gasteiger partial charge in [0.2, 0.25) is 5.95 Å². The van der Waals surface area contributed by atoms with Crippen LogP contribution in [0, 0.1) is 0 Å². The fourth-order valence-corrected chi connectivity index (χ4v) is 5.67. The number of para-hydroxylation sites is 3.